The molecule has 0 N–H and O–H groups in total. The highest BCUT2D eigenvalue weighted by Crippen LogP contribution is 2.53. The zero-order chi connectivity index (χ0) is 48.4. The van der Waals surface area contributed by atoms with Crippen LogP contribution in [-0.4, -0.2) is 23.7 Å². The number of para-hydroxylation sites is 3. The summed E-state index contributed by atoms with van der Waals surface area (Å²) in [7, 11) is 0. The summed E-state index contributed by atoms with van der Waals surface area (Å²) in [5.74, 6) is 0. The third-order valence-electron chi connectivity index (χ3n) is 15.5. The maximum atomic E-state index is 4.48. The molecule has 0 spiro atoms. The lowest BCUT2D eigenvalue weighted by Crippen LogP contribution is -2.15. The molecule has 1 aliphatic rings. The minimum atomic E-state index is 1.05. The van der Waals surface area contributed by atoms with E-state index < -0.39 is 0 Å². The number of fused-ring (bicyclic) bond motifs is 11. The predicted molar refractivity (Wildman–Crippen MR) is 307 cm³/mol. The number of benzene rings is 10. The lowest BCUT2D eigenvalue weighted by molar-refractivity contribution is 1.14. The van der Waals surface area contributed by atoms with E-state index in [1.807, 2.05) is 36.9 Å². The average molecular weight is 943 g/mol. The van der Waals surface area contributed by atoms with E-state index in [0.29, 0.717) is 0 Å². The molecule has 5 aromatic heterocycles. The second kappa shape index (κ2) is 15.7. The SMILES string of the molecule is c1cc(-c2ccc3c(c2)c2ccccc2n3-c2cccnc2)cc(N2c3cc4c(cc3-c3cccc5cccc2c35)c2ccccc2n4-c2cccc(-c3ccc4c(c3)c3ccccc3n4-c3cccnc3)c2)c1. The zero-order valence-corrected chi connectivity index (χ0v) is 39.9. The van der Waals surface area contributed by atoms with E-state index in [4.69, 9.17) is 0 Å². The Morgan fingerprint density at radius 3 is 1.32 bits per heavy atom. The third-order valence-corrected chi connectivity index (χ3v) is 15.5. The van der Waals surface area contributed by atoms with Crippen molar-refractivity contribution in [1.29, 1.82) is 0 Å². The summed E-state index contributed by atoms with van der Waals surface area (Å²) in [5, 5.41) is 9.78. The van der Waals surface area contributed by atoms with Crippen LogP contribution in [0.5, 0.6) is 0 Å². The molecule has 6 heterocycles. The summed E-state index contributed by atoms with van der Waals surface area (Å²) in [6.45, 7) is 0. The summed E-state index contributed by atoms with van der Waals surface area (Å²) in [5.41, 5.74) is 20.7. The van der Waals surface area contributed by atoms with Gasteiger partial charge in [0.1, 0.15) is 0 Å². The van der Waals surface area contributed by atoms with E-state index in [2.05, 4.69) is 247 Å². The molecule has 0 amide bonds. The van der Waals surface area contributed by atoms with Crippen LogP contribution in [0.25, 0.3) is 127 Å². The van der Waals surface area contributed by atoms with Crippen molar-refractivity contribution in [3.05, 3.63) is 255 Å². The molecule has 74 heavy (non-hydrogen) atoms. The Kier molecular flexibility index (Phi) is 8.64. The molecule has 6 heteroatoms. The first kappa shape index (κ1) is 40.7. The summed E-state index contributed by atoms with van der Waals surface area (Å²) >= 11 is 0. The fraction of sp³-hybridized carbons (Fsp3) is 0. The fourth-order valence-electron chi connectivity index (χ4n) is 12.3. The lowest BCUT2D eigenvalue weighted by atomic mass is 9.89. The predicted octanol–water partition coefficient (Wildman–Crippen LogP) is 17.7. The van der Waals surface area contributed by atoms with E-state index in [9.17, 15) is 0 Å². The molecule has 1 aliphatic heterocycles. The van der Waals surface area contributed by atoms with Gasteiger partial charge in [0, 0.05) is 67.0 Å². The maximum Gasteiger partial charge on any atom is 0.0645 e. The van der Waals surface area contributed by atoms with E-state index in [1.165, 1.54) is 71.0 Å². The molecule has 344 valence electrons. The van der Waals surface area contributed by atoms with Crippen molar-refractivity contribution in [2.24, 2.45) is 0 Å². The van der Waals surface area contributed by atoms with E-state index >= 15 is 0 Å². The Balaban J connectivity index is 0.872. The van der Waals surface area contributed by atoms with Gasteiger partial charge in [0.25, 0.3) is 0 Å². The van der Waals surface area contributed by atoms with Crippen molar-refractivity contribution in [2.75, 3.05) is 4.90 Å². The summed E-state index contributed by atoms with van der Waals surface area (Å²) in [6, 6.07) is 84.8. The van der Waals surface area contributed by atoms with Crippen LogP contribution in [0.3, 0.4) is 0 Å². The Bertz CT molecular complexity index is 4790. The van der Waals surface area contributed by atoms with Gasteiger partial charge in [0.2, 0.25) is 0 Å². The quantitative estimate of drug-likeness (QED) is 0.167. The number of hydrogen-bond acceptors (Lipinski definition) is 3. The number of hydrogen-bond donors (Lipinski definition) is 0. The highest BCUT2D eigenvalue weighted by atomic mass is 15.2. The number of aromatic nitrogens is 5. The molecule has 0 fully saturated rings. The maximum absolute atomic E-state index is 4.48. The molecule has 10 aromatic carbocycles. The van der Waals surface area contributed by atoms with Crippen LogP contribution in [0.15, 0.2) is 255 Å². The van der Waals surface area contributed by atoms with Crippen LogP contribution in [0.1, 0.15) is 0 Å². The Labute approximate surface area is 425 Å². The molecule has 0 radical (unpaired) electrons. The Hall–Kier alpha value is -10.0. The highest BCUT2D eigenvalue weighted by molar-refractivity contribution is 6.19. The first-order valence-corrected chi connectivity index (χ1v) is 25.2. The van der Waals surface area contributed by atoms with Crippen LogP contribution in [0.4, 0.5) is 17.1 Å². The van der Waals surface area contributed by atoms with Crippen molar-refractivity contribution >= 4 is 93.3 Å². The van der Waals surface area contributed by atoms with Crippen molar-refractivity contribution in [1.82, 2.24) is 23.7 Å². The molecule has 15 aromatic rings. The van der Waals surface area contributed by atoms with Gasteiger partial charge in [-0.3, -0.25) is 9.97 Å². The Morgan fingerprint density at radius 1 is 0.270 bits per heavy atom. The number of nitrogens with zero attached hydrogens (tertiary/aromatic N) is 6. The minimum Gasteiger partial charge on any atom is -0.309 e. The van der Waals surface area contributed by atoms with Crippen LogP contribution >= 0.6 is 0 Å². The second-order valence-electron chi connectivity index (χ2n) is 19.4. The number of anilines is 3. The average Bonchev–Trinajstić information content (AvgIpc) is 4.11. The standard InChI is InChI=1S/C68H42N6/c1-5-26-61-52(21-1)56-37-46(29-31-63(56)73(61)50-19-11-33-69-41-50)44-15-7-17-48(35-44)71-60-25-4-3-23-54(60)58-39-59-55-24-9-13-43-14-10-28-65(68(43)55)72(67(59)40-66(58)71)49-18-8-16-45(36-49)47-30-32-64-57(38-47)53-22-2-6-27-62(53)74(64)51-20-12-34-70-42-51/h1-42H. The van der Waals surface area contributed by atoms with Crippen LogP contribution in [0, 0.1) is 0 Å². The molecule has 0 atom stereocenters. The zero-order valence-electron chi connectivity index (χ0n) is 39.9. The van der Waals surface area contributed by atoms with Crippen molar-refractivity contribution in [2.45, 2.75) is 0 Å². The van der Waals surface area contributed by atoms with E-state index in [1.54, 1.807) is 0 Å². The lowest BCUT2D eigenvalue weighted by Gasteiger charge is -2.34. The molecule has 16 rings (SSSR count). The van der Waals surface area contributed by atoms with Gasteiger partial charge >= 0.3 is 0 Å². The molecule has 0 saturated carbocycles. The van der Waals surface area contributed by atoms with E-state index in [0.717, 1.165) is 72.7 Å². The van der Waals surface area contributed by atoms with Crippen LogP contribution in [0.2, 0.25) is 0 Å². The van der Waals surface area contributed by atoms with Gasteiger partial charge < -0.3 is 18.6 Å². The van der Waals surface area contributed by atoms with Crippen LogP contribution < -0.4 is 4.90 Å². The van der Waals surface area contributed by atoms with Gasteiger partial charge in [-0.05, 0) is 142 Å². The van der Waals surface area contributed by atoms with E-state index in [-0.39, 0.29) is 0 Å². The highest BCUT2D eigenvalue weighted by Gasteiger charge is 2.29. The molecule has 0 bridgehead atoms. The normalized spacial score (nSPS) is 12.3. The van der Waals surface area contributed by atoms with Gasteiger partial charge in [-0.15, -0.1) is 0 Å². The number of rotatable bonds is 6. The third kappa shape index (κ3) is 5.94. The molecule has 0 saturated heterocycles. The number of pyridine rings is 2. The fourth-order valence-corrected chi connectivity index (χ4v) is 12.3. The molecular weight excluding hydrogens is 901 g/mol. The molecular formula is C68H42N6. The Morgan fingerprint density at radius 2 is 0.743 bits per heavy atom. The van der Waals surface area contributed by atoms with Crippen LogP contribution in [-0.2, 0) is 0 Å². The first-order valence-electron chi connectivity index (χ1n) is 25.2. The molecule has 0 unspecified atom stereocenters. The van der Waals surface area contributed by atoms with Gasteiger partial charge in [-0.2, -0.15) is 0 Å². The van der Waals surface area contributed by atoms with Crippen molar-refractivity contribution in [3.8, 4) is 50.4 Å². The van der Waals surface area contributed by atoms with Gasteiger partial charge in [-0.1, -0.05) is 121 Å². The van der Waals surface area contributed by atoms with Gasteiger partial charge in [0.05, 0.1) is 68.2 Å². The topological polar surface area (TPSA) is 43.8 Å². The largest absolute Gasteiger partial charge is 0.309 e. The van der Waals surface area contributed by atoms with Crippen molar-refractivity contribution < 1.29 is 0 Å². The van der Waals surface area contributed by atoms with Crippen molar-refractivity contribution in [3.63, 3.8) is 0 Å². The second-order valence-corrected chi connectivity index (χ2v) is 19.4. The molecule has 6 nitrogen and oxygen atoms in total. The molecule has 0 aliphatic carbocycles. The summed E-state index contributed by atoms with van der Waals surface area (Å²) in [4.78, 5) is 11.4. The summed E-state index contributed by atoms with van der Waals surface area (Å²) < 4.78 is 7.11. The minimum absolute atomic E-state index is 1.05. The monoisotopic (exact) mass is 942 g/mol. The summed E-state index contributed by atoms with van der Waals surface area (Å²) in [6.07, 6.45) is 7.54. The van der Waals surface area contributed by atoms with Gasteiger partial charge in [0.15, 0.2) is 0 Å². The van der Waals surface area contributed by atoms with Gasteiger partial charge in [-0.25, -0.2) is 0 Å². The first-order chi connectivity index (χ1) is 36.7. The smallest absolute Gasteiger partial charge is 0.0645 e.